The van der Waals surface area contributed by atoms with Gasteiger partial charge in [0, 0.05) is 39.1 Å². The number of ether oxygens (including phenoxy) is 2. The number of carbonyl (C=O) groups excluding carboxylic acids is 2. The fourth-order valence-electron chi connectivity index (χ4n) is 3.91. The smallest absolute Gasteiger partial charge is 0.234 e. The molecule has 7 heteroatoms. The topological polar surface area (TPSA) is 71.1 Å². The molecule has 4 rings (SSSR count). The van der Waals surface area contributed by atoms with Crippen LogP contribution >= 0.6 is 0 Å². The van der Waals surface area contributed by atoms with Gasteiger partial charge in [0.2, 0.25) is 18.6 Å². The van der Waals surface area contributed by atoms with Crippen LogP contribution in [0.5, 0.6) is 11.5 Å². The third-order valence-corrected chi connectivity index (χ3v) is 5.72. The highest BCUT2D eigenvalue weighted by molar-refractivity contribution is 5.78. The van der Waals surface area contributed by atoms with Crippen LogP contribution in [-0.4, -0.2) is 61.1 Å². The van der Waals surface area contributed by atoms with Crippen molar-refractivity contribution in [1.29, 1.82) is 0 Å². The summed E-state index contributed by atoms with van der Waals surface area (Å²) in [6.07, 6.45) is 2.37. The first kappa shape index (κ1) is 21.2. The summed E-state index contributed by atoms with van der Waals surface area (Å²) in [6.45, 7) is 3.85. The zero-order valence-corrected chi connectivity index (χ0v) is 17.7. The molecule has 0 saturated carbocycles. The van der Waals surface area contributed by atoms with E-state index in [9.17, 15) is 9.59 Å². The quantitative estimate of drug-likeness (QED) is 0.705. The third kappa shape index (κ3) is 5.98. The molecule has 164 valence electrons. The molecule has 2 heterocycles. The molecule has 7 nitrogen and oxygen atoms in total. The predicted octanol–water partition coefficient (Wildman–Crippen LogP) is 2.20. The highest BCUT2D eigenvalue weighted by Gasteiger charge is 2.22. The lowest BCUT2D eigenvalue weighted by Gasteiger charge is -2.34. The van der Waals surface area contributed by atoms with Crippen molar-refractivity contribution < 1.29 is 19.1 Å². The number of rotatable bonds is 8. The lowest BCUT2D eigenvalue weighted by molar-refractivity contribution is -0.133. The molecule has 0 atom stereocenters. The molecule has 0 aromatic heterocycles. The molecule has 1 saturated heterocycles. The van der Waals surface area contributed by atoms with Gasteiger partial charge in [0.1, 0.15) is 0 Å². The van der Waals surface area contributed by atoms with Crippen LogP contribution in [0.25, 0.3) is 0 Å². The number of carbonyl (C=O) groups is 2. The Kier molecular flexibility index (Phi) is 7.04. The number of nitrogens with one attached hydrogen (secondary N) is 1. The number of benzene rings is 2. The molecule has 2 aromatic rings. The molecule has 2 aromatic carbocycles. The molecule has 31 heavy (non-hydrogen) atoms. The van der Waals surface area contributed by atoms with Crippen molar-refractivity contribution in [2.75, 3.05) is 39.5 Å². The predicted molar refractivity (Wildman–Crippen MR) is 117 cm³/mol. The van der Waals surface area contributed by atoms with Crippen molar-refractivity contribution in [3.05, 3.63) is 59.7 Å². The van der Waals surface area contributed by atoms with Gasteiger partial charge in [-0.1, -0.05) is 36.4 Å². The number of hydrogen-bond acceptors (Lipinski definition) is 5. The van der Waals surface area contributed by atoms with Gasteiger partial charge in [-0.25, -0.2) is 0 Å². The Labute approximate surface area is 182 Å². The van der Waals surface area contributed by atoms with E-state index in [-0.39, 0.29) is 18.6 Å². The Morgan fingerprint density at radius 1 is 0.903 bits per heavy atom. The van der Waals surface area contributed by atoms with Crippen LogP contribution in [0.2, 0.25) is 0 Å². The fourth-order valence-corrected chi connectivity index (χ4v) is 3.91. The average Bonchev–Trinajstić information content (AvgIpc) is 3.27. The van der Waals surface area contributed by atoms with Crippen molar-refractivity contribution in [2.45, 2.75) is 25.8 Å². The minimum atomic E-state index is -0.0136. The van der Waals surface area contributed by atoms with Crippen molar-refractivity contribution >= 4 is 11.8 Å². The number of nitrogens with zero attached hydrogens (tertiary/aromatic N) is 2. The second-order valence-corrected chi connectivity index (χ2v) is 7.96. The normalized spacial score (nSPS) is 15.7. The summed E-state index contributed by atoms with van der Waals surface area (Å²) in [4.78, 5) is 28.8. The van der Waals surface area contributed by atoms with Gasteiger partial charge in [0.05, 0.1) is 6.54 Å². The van der Waals surface area contributed by atoms with E-state index in [1.807, 2.05) is 41.3 Å². The summed E-state index contributed by atoms with van der Waals surface area (Å²) >= 11 is 0. The Hall–Kier alpha value is -3.06. The van der Waals surface area contributed by atoms with Crippen LogP contribution in [0.15, 0.2) is 48.5 Å². The van der Waals surface area contributed by atoms with Crippen LogP contribution < -0.4 is 14.8 Å². The Balaban J connectivity index is 1.12. The molecule has 2 aliphatic rings. The largest absolute Gasteiger partial charge is 0.454 e. The molecular weight excluding hydrogens is 394 g/mol. The summed E-state index contributed by atoms with van der Waals surface area (Å²) in [5.74, 6) is 1.65. The summed E-state index contributed by atoms with van der Waals surface area (Å²) in [5, 5.41) is 2.96. The first-order valence-corrected chi connectivity index (χ1v) is 10.9. The van der Waals surface area contributed by atoms with Crippen molar-refractivity contribution in [3.63, 3.8) is 0 Å². The fraction of sp³-hybridized carbons (Fsp3) is 0.417. The van der Waals surface area contributed by atoms with Gasteiger partial charge in [-0.3, -0.25) is 14.5 Å². The Morgan fingerprint density at radius 2 is 1.68 bits per heavy atom. The van der Waals surface area contributed by atoms with E-state index in [2.05, 4.69) is 22.3 Å². The second kappa shape index (κ2) is 10.3. The zero-order chi connectivity index (χ0) is 21.5. The van der Waals surface area contributed by atoms with Crippen LogP contribution in [0.1, 0.15) is 24.0 Å². The third-order valence-electron chi connectivity index (χ3n) is 5.72. The summed E-state index contributed by atoms with van der Waals surface area (Å²) in [7, 11) is 0. The van der Waals surface area contributed by atoms with Crippen molar-refractivity contribution in [1.82, 2.24) is 15.1 Å². The average molecular weight is 424 g/mol. The van der Waals surface area contributed by atoms with Gasteiger partial charge in [-0.2, -0.15) is 0 Å². The lowest BCUT2D eigenvalue weighted by atomic mass is 10.1. The van der Waals surface area contributed by atoms with E-state index in [1.165, 1.54) is 5.56 Å². The van der Waals surface area contributed by atoms with Crippen molar-refractivity contribution in [3.8, 4) is 11.5 Å². The molecular formula is C24H29N3O4. The number of aryl methyl sites for hydroxylation is 1. The summed E-state index contributed by atoms with van der Waals surface area (Å²) in [5.41, 5.74) is 2.25. The maximum Gasteiger partial charge on any atom is 0.234 e. The Bertz CT molecular complexity index is 895. The molecule has 0 bridgehead atoms. The number of fused-ring (bicyclic) bond motifs is 1. The molecule has 1 N–H and O–H groups in total. The van der Waals surface area contributed by atoms with Gasteiger partial charge < -0.3 is 19.7 Å². The molecule has 0 radical (unpaired) electrons. The van der Waals surface area contributed by atoms with E-state index in [0.717, 1.165) is 43.0 Å². The SMILES string of the molecule is O=C(CN1CCN(C(=O)CCCc2ccccc2)CC1)NCc1ccc2c(c1)OCO2. The van der Waals surface area contributed by atoms with E-state index < -0.39 is 0 Å². The minimum absolute atomic E-state index is 0.0136. The number of hydrogen-bond donors (Lipinski definition) is 1. The monoisotopic (exact) mass is 423 g/mol. The lowest BCUT2D eigenvalue weighted by Crippen LogP contribution is -2.51. The Morgan fingerprint density at radius 3 is 2.48 bits per heavy atom. The van der Waals surface area contributed by atoms with Crippen LogP contribution in [-0.2, 0) is 22.6 Å². The zero-order valence-electron chi connectivity index (χ0n) is 17.7. The van der Waals surface area contributed by atoms with E-state index in [1.54, 1.807) is 0 Å². The van der Waals surface area contributed by atoms with E-state index in [0.29, 0.717) is 32.6 Å². The van der Waals surface area contributed by atoms with E-state index >= 15 is 0 Å². The summed E-state index contributed by atoms with van der Waals surface area (Å²) < 4.78 is 10.7. The standard InChI is InChI=1S/C24H29N3O4/c28-23(25-16-20-9-10-21-22(15-20)31-18-30-21)17-26-11-13-27(14-12-26)24(29)8-4-7-19-5-2-1-3-6-19/h1-3,5-6,9-10,15H,4,7-8,11-14,16-18H2,(H,25,28). The number of amides is 2. The van der Waals surface area contributed by atoms with Gasteiger partial charge in [0.15, 0.2) is 11.5 Å². The molecule has 2 amide bonds. The van der Waals surface area contributed by atoms with Crippen LogP contribution in [0.4, 0.5) is 0 Å². The minimum Gasteiger partial charge on any atom is -0.454 e. The number of piperazine rings is 1. The van der Waals surface area contributed by atoms with E-state index in [4.69, 9.17) is 9.47 Å². The van der Waals surface area contributed by atoms with Gasteiger partial charge >= 0.3 is 0 Å². The first-order valence-electron chi connectivity index (χ1n) is 10.9. The summed E-state index contributed by atoms with van der Waals surface area (Å²) in [6, 6.07) is 15.9. The molecule has 0 spiro atoms. The molecule has 0 unspecified atom stereocenters. The van der Waals surface area contributed by atoms with Crippen molar-refractivity contribution in [2.24, 2.45) is 0 Å². The van der Waals surface area contributed by atoms with Crippen LogP contribution in [0, 0.1) is 0 Å². The second-order valence-electron chi connectivity index (χ2n) is 7.96. The molecule has 2 aliphatic heterocycles. The van der Waals surface area contributed by atoms with Gasteiger partial charge in [-0.05, 0) is 36.1 Å². The molecule has 1 fully saturated rings. The first-order chi connectivity index (χ1) is 15.2. The van der Waals surface area contributed by atoms with Gasteiger partial charge in [-0.15, -0.1) is 0 Å². The molecule has 0 aliphatic carbocycles. The maximum atomic E-state index is 12.5. The van der Waals surface area contributed by atoms with Gasteiger partial charge in [0.25, 0.3) is 0 Å². The highest BCUT2D eigenvalue weighted by Crippen LogP contribution is 2.32. The van der Waals surface area contributed by atoms with Crippen LogP contribution in [0.3, 0.4) is 0 Å². The highest BCUT2D eigenvalue weighted by atomic mass is 16.7. The maximum absolute atomic E-state index is 12.5.